The number of hydrogen-bond donors (Lipinski definition) is 1. The van der Waals surface area contributed by atoms with Crippen molar-refractivity contribution in [1.82, 2.24) is 0 Å². The van der Waals surface area contributed by atoms with Crippen LogP contribution in [-0.4, -0.2) is 0 Å². The van der Waals surface area contributed by atoms with E-state index in [1.54, 1.807) is 18.2 Å². The molecule has 1 radical (unpaired) electrons. The second-order valence-corrected chi connectivity index (χ2v) is 4.95. The van der Waals surface area contributed by atoms with E-state index in [-0.39, 0.29) is 5.06 Å². The van der Waals surface area contributed by atoms with E-state index in [0.29, 0.717) is 22.5 Å². The highest BCUT2D eigenvalue weighted by molar-refractivity contribution is 5.84. The van der Waals surface area contributed by atoms with Gasteiger partial charge >= 0.3 is 0 Å². The summed E-state index contributed by atoms with van der Waals surface area (Å²) in [7, 11) is 0. The Hall–Kier alpha value is -2.69. The summed E-state index contributed by atoms with van der Waals surface area (Å²) in [6.07, 6.45) is 2.80. The zero-order valence-electron chi connectivity index (χ0n) is 11.0. The highest BCUT2D eigenvalue weighted by atomic mass is 16.5. The summed E-state index contributed by atoms with van der Waals surface area (Å²) in [6.45, 7) is 0. The van der Waals surface area contributed by atoms with Crippen molar-refractivity contribution < 1.29 is 9.79 Å². The van der Waals surface area contributed by atoms with Crippen LogP contribution in [0.1, 0.15) is 11.3 Å². The first-order chi connectivity index (χ1) is 10.3. The number of pyridine rings is 1. The predicted octanol–water partition coefficient (Wildman–Crippen LogP) is 1.69. The zero-order valence-corrected chi connectivity index (χ0v) is 11.0. The number of quaternary nitrogens is 1. The van der Waals surface area contributed by atoms with Crippen LogP contribution in [0.2, 0.25) is 0 Å². The van der Waals surface area contributed by atoms with Crippen LogP contribution in [0.25, 0.3) is 16.5 Å². The summed E-state index contributed by atoms with van der Waals surface area (Å²) < 4.78 is 0.868. The van der Waals surface area contributed by atoms with Gasteiger partial charge in [0.25, 0.3) is 0 Å². The normalized spacial score (nSPS) is 16.8. The first-order valence-electron chi connectivity index (χ1n) is 6.65. The van der Waals surface area contributed by atoms with Gasteiger partial charge in [-0.2, -0.15) is 4.73 Å². The number of hydroxylamine groups is 1. The maximum absolute atomic E-state index is 12.6. The highest BCUT2D eigenvalue weighted by Crippen LogP contribution is 2.29. The van der Waals surface area contributed by atoms with Crippen LogP contribution in [-0.2, 0) is 0 Å². The molecule has 1 N–H and O–H groups in total. The molecule has 3 aromatic rings. The van der Waals surface area contributed by atoms with Crippen LogP contribution in [0.5, 0.6) is 0 Å². The quantitative estimate of drug-likeness (QED) is 0.543. The van der Waals surface area contributed by atoms with Crippen LogP contribution in [0.3, 0.4) is 0 Å². The minimum absolute atomic E-state index is 0.172. The molecule has 1 aliphatic heterocycles. The molecule has 1 aliphatic rings. The first-order valence-corrected chi connectivity index (χ1v) is 6.65. The average Bonchev–Trinajstić information content (AvgIpc) is 2.86. The summed E-state index contributed by atoms with van der Waals surface area (Å²) in [5.41, 5.74) is 2.97. The van der Waals surface area contributed by atoms with Crippen molar-refractivity contribution in [3.63, 3.8) is 0 Å². The van der Waals surface area contributed by atoms with Crippen molar-refractivity contribution in [2.24, 2.45) is 0 Å². The Morgan fingerprint density at radius 2 is 1.67 bits per heavy atom. The van der Waals surface area contributed by atoms with Gasteiger partial charge in [-0.25, -0.2) is 0 Å². The lowest BCUT2D eigenvalue weighted by molar-refractivity contribution is -0.725. The molecule has 101 valence electrons. The number of benzene rings is 2. The minimum atomic E-state index is -0.172. The molecule has 1 atom stereocenters. The molecule has 1 aromatic heterocycles. The van der Waals surface area contributed by atoms with Crippen molar-refractivity contribution in [2.75, 3.05) is 0 Å². The Morgan fingerprint density at radius 3 is 2.57 bits per heavy atom. The summed E-state index contributed by atoms with van der Waals surface area (Å²) in [4.78, 5) is 0. The summed E-state index contributed by atoms with van der Waals surface area (Å²) in [5, 5.41) is 25.3. The van der Waals surface area contributed by atoms with E-state index in [4.69, 9.17) is 0 Å². The van der Waals surface area contributed by atoms with Gasteiger partial charge in [-0.15, -0.1) is 0 Å². The highest BCUT2D eigenvalue weighted by Gasteiger charge is 2.29. The predicted molar refractivity (Wildman–Crippen MR) is 79.1 cm³/mol. The van der Waals surface area contributed by atoms with E-state index >= 15 is 0 Å². The molecule has 2 aromatic carbocycles. The zero-order chi connectivity index (χ0) is 14.4. The van der Waals surface area contributed by atoms with E-state index in [2.05, 4.69) is 6.20 Å². The summed E-state index contributed by atoms with van der Waals surface area (Å²) in [6, 6.07) is 18.3. The molecule has 0 amide bonds. The molecule has 0 aliphatic carbocycles. The Bertz CT molecular complexity index is 887. The monoisotopic (exact) mass is 275 g/mol. The van der Waals surface area contributed by atoms with Crippen LogP contribution in [0.4, 0.5) is 5.69 Å². The van der Waals surface area contributed by atoms with Gasteiger partial charge in [0.1, 0.15) is 11.3 Å². The molecule has 0 spiro atoms. The number of nitrogens with one attached hydrogen (secondary N) is 1. The number of fused-ring (bicyclic) bond motifs is 2. The van der Waals surface area contributed by atoms with Crippen molar-refractivity contribution in [3.8, 4) is 0 Å². The molecular formula is C17H11N2O2. The number of rotatable bonds is 1. The summed E-state index contributed by atoms with van der Waals surface area (Å²) in [5.74, 6) is 0. The van der Waals surface area contributed by atoms with E-state index in [1.807, 2.05) is 42.5 Å². The molecule has 1 unspecified atom stereocenters. The maximum Gasteiger partial charge on any atom is 0.231 e. The topological polar surface area (TPSA) is 54.4 Å². The third kappa shape index (κ3) is 1.74. The van der Waals surface area contributed by atoms with Gasteiger partial charge in [0, 0.05) is 23.6 Å². The lowest BCUT2D eigenvalue weighted by atomic mass is 10.0. The van der Waals surface area contributed by atoms with Gasteiger partial charge in [-0.05, 0) is 18.2 Å². The molecule has 21 heavy (non-hydrogen) atoms. The van der Waals surface area contributed by atoms with E-state index < -0.39 is 0 Å². The Kier molecular flexibility index (Phi) is 2.54. The van der Waals surface area contributed by atoms with Gasteiger partial charge in [-0.3, -0.25) is 0 Å². The third-order valence-corrected chi connectivity index (χ3v) is 3.73. The third-order valence-electron chi connectivity index (χ3n) is 3.73. The fourth-order valence-corrected chi connectivity index (χ4v) is 2.71. The van der Waals surface area contributed by atoms with E-state index in [1.165, 1.54) is 0 Å². The number of para-hydroxylation sites is 2. The largest absolute Gasteiger partial charge is 0.623 e. The Balaban J connectivity index is 1.96. The molecule has 2 heterocycles. The number of hydrogen-bond acceptors (Lipinski definition) is 2. The molecule has 4 nitrogen and oxygen atoms in total. The summed E-state index contributed by atoms with van der Waals surface area (Å²) >= 11 is 0. The van der Waals surface area contributed by atoms with Gasteiger partial charge in [0.05, 0.1) is 5.56 Å². The van der Waals surface area contributed by atoms with Crippen LogP contribution >= 0.6 is 0 Å². The Labute approximate surface area is 121 Å². The van der Waals surface area contributed by atoms with E-state index in [0.717, 1.165) is 15.7 Å². The van der Waals surface area contributed by atoms with Crippen molar-refractivity contribution in [2.45, 2.75) is 0 Å². The molecule has 0 fully saturated rings. The first kappa shape index (κ1) is 12.1. The van der Waals surface area contributed by atoms with Gasteiger partial charge in [-0.1, -0.05) is 24.3 Å². The molecule has 4 heteroatoms. The van der Waals surface area contributed by atoms with Gasteiger partial charge in [0.2, 0.25) is 17.4 Å². The lowest BCUT2D eigenvalue weighted by Gasteiger charge is -2.10. The van der Waals surface area contributed by atoms with Gasteiger partial charge < -0.3 is 15.5 Å². The molecular weight excluding hydrogens is 264 g/mol. The second-order valence-electron chi connectivity index (χ2n) is 4.95. The van der Waals surface area contributed by atoms with Crippen LogP contribution < -0.4 is 9.79 Å². The minimum Gasteiger partial charge on any atom is -0.623 e. The van der Waals surface area contributed by atoms with Gasteiger partial charge in [0.15, 0.2) is 0 Å². The molecule has 0 bridgehead atoms. The lowest BCUT2D eigenvalue weighted by Crippen LogP contribution is -2.96. The molecule has 0 saturated carbocycles. The van der Waals surface area contributed by atoms with Crippen molar-refractivity contribution in [3.05, 3.63) is 88.5 Å². The molecule has 0 saturated heterocycles. The van der Waals surface area contributed by atoms with Crippen molar-refractivity contribution >= 4 is 22.2 Å². The fourth-order valence-electron chi connectivity index (χ4n) is 2.71. The van der Waals surface area contributed by atoms with Crippen LogP contribution in [0, 0.1) is 16.6 Å². The standard InChI is InChI=1S/C17H11N2O2/c20-18-11-14(13-6-2-4-8-16(13)18)17-10-9-12-5-1-3-7-15(12)19(17)21/h1-10,18H. The van der Waals surface area contributed by atoms with Crippen molar-refractivity contribution in [1.29, 1.82) is 0 Å². The number of nitrogens with zero attached hydrogens (tertiary/aromatic N) is 1. The van der Waals surface area contributed by atoms with E-state index in [9.17, 15) is 10.4 Å². The average molecular weight is 275 g/mol. The molecule has 4 rings (SSSR count). The SMILES string of the molecule is [O-][n+]1c(C2=[C][NH+]([O-])c3ccccc32)ccc2ccccc21. The second kappa shape index (κ2) is 4.41. The van der Waals surface area contributed by atoms with Crippen LogP contribution in [0.15, 0.2) is 60.7 Å². The fraction of sp³-hybridized carbons (Fsp3) is 0. The maximum atomic E-state index is 12.6. The number of aromatic nitrogens is 1. The Morgan fingerprint density at radius 1 is 0.905 bits per heavy atom. The smallest absolute Gasteiger partial charge is 0.231 e.